The second kappa shape index (κ2) is 5.68. The van der Waals surface area contributed by atoms with Gasteiger partial charge in [0.15, 0.2) is 0 Å². The van der Waals surface area contributed by atoms with Crippen LogP contribution >= 0.6 is 0 Å². The van der Waals surface area contributed by atoms with E-state index in [0.29, 0.717) is 18.1 Å². The molecule has 5 nitrogen and oxygen atoms in total. The molecule has 2 atom stereocenters. The molecule has 2 N–H and O–H groups in total. The number of rotatable bonds is 5. The van der Waals surface area contributed by atoms with E-state index < -0.39 is 10.0 Å². The van der Waals surface area contributed by atoms with E-state index in [4.69, 9.17) is 4.74 Å². The number of hydrogen-bond acceptors (Lipinski definition) is 4. The third kappa shape index (κ3) is 3.13. The molecule has 1 aliphatic heterocycles. The van der Waals surface area contributed by atoms with Gasteiger partial charge in [0.05, 0.1) is 23.6 Å². The fraction of sp³-hybridized carbons (Fsp3) is 0.600. The molecule has 1 aromatic rings. The summed E-state index contributed by atoms with van der Waals surface area (Å²) in [5.41, 5.74) is 1.52. The number of aryl methyl sites for hydroxylation is 1. The van der Waals surface area contributed by atoms with Crippen LogP contribution in [0.2, 0.25) is 0 Å². The first kappa shape index (κ1) is 15.0. The molecule has 2 unspecified atom stereocenters. The summed E-state index contributed by atoms with van der Waals surface area (Å²) in [7, 11) is -3.57. The first-order chi connectivity index (χ1) is 10.0. The zero-order valence-electron chi connectivity index (χ0n) is 12.1. The minimum atomic E-state index is -3.57. The summed E-state index contributed by atoms with van der Waals surface area (Å²) in [6.07, 6.45) is 2.99. The Morgan fingerprint density at radius 3 is 2.76 bits per heavy atom. The average molecular weight is 311 g/mol. The van der Waals surface area contributed by atoms with Crippen molar-refractivity contribution >= 4 is 10.0 Å². The quantitative estimate of drug-likeness (QED) is 0.860. The third-order valence-electron chi connectivity index (χ3n) is 4.33. The highest BCUT2D eigenvalue weighted by Gasteiger charge is 2.42. The van der Waals surface area contributed by atoms with Crippen molar-refractivity contribution in [2.45, 2.75) is 49.8 Å². The van der Waals surface area contributed by atoms with Gasteiger partial charge in [-0.2, -0.15) is 0 Å². The van der Waals surface area contributed by atoms with Crippen LogP contribution in [0, 0.1) is 12.8 Å². The lowest BCUT2D eigenvalue weighted by atomic mass is 10.1. The largest absolute Gasteiger partial charge is 0.392 e. The van der Waals surface area contributed by atoms with Gasteiger partial charge in [-0.05, 0) is 55.4 Å². The molecule has 0 bridgehead atoms. The maximum atomic E-state index is 12.5. The molecular weight excluding hydrogens is 290 g/mol. The summed E-state index contributed by atoms with van der Waals surface area (Å²) in [6.45, 7) is 2.31. The first-order valence-electron chi connectivity index (χ1n) is 7.35. The summed E-state index contributed by atoms with van der Waals surface area (Å²) in [5.74, 6) is 0.506. The van der Waals surface area contributed by atoms with E-state index >= 15 is 0 Å². The van der Waals surface area contributed by atoms with E-state index in [2.05, 4.69) is 4.72 Å². The molecule has 0 spiro atoms. The molecule has 0 aromatic heterocycles. The second-order valence-electron chi connectivity index (χ2n) is 5.94. The summed E-state index contributed by atoms with van der Waals surface area (Å²) in [6, 6.07) is 4.71. The van der Waals surface area contributed by atoms with Gasteiger partial charge in [-0.3, -0.25) is 0 Å². The van der Waals surface area contributed by atoms with Gasteiger partial charge in [-0.25, -0.2) is 13.1 Å². The van der Waals surface area contributed by atoms with Crippen LogP contribution in [-0.4, -0.2) is 32.3 Å². The van der Waals surface area contributed by atoms with Crippen LogP contribution in [0.5, 0.6) is 0 Å². The van der Waals surface area contributed by atoms with E-state index in [0.717, 1.165) is 24.8 Å². The van der Waals surface area contributed by atoms with Crippen LogP contribution in [0.3, 0.4) is 0 Å². The highest BCUT2D eigenvalue weighted by Crippen LogP contribution is 2.39. The minimum absolute atomic E-state index is 0.0162. The standard InChI is InChI=1S/C15H21NO4S/c1-10-2-5-13(8-12(10)9-17)21(18,19)16-14-6-7-20-15(14)11-3-4-11/h2,5,8,11,14-17H,3-4,6-7,9H2,1H3. The lowest BCUT2D eigenvalue weighted by Crippen LogP contribution is -2.41. The zero-order valence-corrected chi connectivity index (χ0v) is 12.9. The van der Waals surface area contributed by atoms with Crippen LogP contribution < -0.4 is 4.72 Å². The maximum Gasteiger partial charge on any atom is 0.240 e. The summed E-state index contributed by atoms with van der Waals surface area (Å²) >= 11 is 0. The number of nitrogens with one attached hydrogen (secondary N) is 1. The van der Waals surface area contributed by atoms with Crippen molar-refractivity contribution < 1.29 is 18.3 Å². The van der Waals surface area contributed by atoms with E-state index in [1.807, 2.05) is 6.92 Å². The van der Waals surface area contributed by atoms with Crippen molar-refractivity contribution in [3.8, 4) is 0 Å². The van der Waals surface area contributed by atoms with Crippen LogP contribution in [0.4, 0.5) is 0 Å². The Balaban J connectivity index is 1.80. The molecule has 1 heterocycles. The summed E-state index contributed by atoms with van der Waals surface area (Å²) < 4.78 is 33.5. The van der Waals surface area contributed by atoms with Crippen molar-refractivity contribution in [3.05, 3.63) is 29.3 Å². The van der Waals surface area contributed by atoms with Gasteiger partial charge >= 0.3 is 0 Å². The normalized spacial score (nSPS) is 26.2. The second-order valence-corrected chi connectivity index (χ2v) is 7.65. The van der Waals surface area contributed by atoms with Crippen molar-refractivity contribution in [2.75, 3.05) is 6.61 Å². The lowest BCUT2D eigenvalue weighted by Gasteiger charge is -2.19. The summed E-state index contributed by atoms with van der Waals surface area (Å²) in [5, 5.41) is 9.28. The van der Waals surface area contributed by atoms with Crippen LogP contribution in [0.1, 0.15) is 30.4 Å². The Morgan fingerprint density at radius 2 is 2.10 bits per heavy atom. The number of sulfonamides is 1. The van der Waals surface area contributed by atoms with Gasteiger partial charge in [0, 0.05) is 6.61 Å². The topological polar surface area (TPSA) is 75.6 Å². The SMILES string of the molecule is Cc1ccc(S(=O)(=O)NC2CCOC2C2CC2)cc1CO. The predicted octanol–water partition coefficient (Wildman–Crippen LogP) is 1.33. The van der Waals surface area contributed by atoms with Crippen molar-refractivity contribution in [1.29, 1.82) is 0 Å². The molecule has 1 aliphatic carbocycles. The Morgan fingerprint density at radius 1 is 1.33 bits per heavy atom. The molecule has 2 aliphatic rings. The van der Waals surface area contributed by atoms with Crippen molar-refractivity contribution in [1.82, 2.24) is 4.72 Å². The fourth-order valence-electron chi connectivity index (χ4n) is 2.88. The minimum Gasteiger partial charge on any atom is -0.392 e. The van der Waals surface area contributed by atoms with Crippen LogP contribution in [-0.2, 0) is 21.4 Å². The van der Waals surface area contributed by atoms with Gasteiger partial charge in [0.2, 0.25) is 10.0 Å². The van der Waals surface area contributed by atoms with Crippen molar-refractivity contribution in [2.24, 2.45) is 5.92 Å². The molecule has 0 amide bonds. The Bertz CT molecular complexity index is 625. The number of aliphatic hydroxyl groups excluding tert-OH is 1. The van der Waals surface area contributed by atoms with Crippen molar-refractivity contribution in [3.63, 3.8) is 0 Å². The number of benzene rings is 1. The Hall–Kier alpha value is -0.950. The lowest BCUT2D eigenvalue weighted by molar-refractivity contribution is 0.0848. The summed E-state index contributed by atoms with van der Waals surface area (Å²) in [4.78, 5) is 0.207. The molecule has 1 saturated heterocycles. The van der Waals surface area contributed by atoms with Crippen LogP contribution in [0.15, 0.2) is 23.1 Å². The molecule has 3 rings (SSSR count). The predicted molar refractivity (Wildman–Crippen MR) is 78.3 cm³/mol. The zero-order chi connectivity index (χ0) is 15.0. The molecular formula is C15H21NO4S. The van der Waals surface area contributed by atoms with Gasteiger partial charge in [-0.1, -0.05) is 6.07 Å². The highest BCUT2D eigenvalue weighted by molar-refractivity contribution is 7.89. The number of ether oxygens (including phenoxy) is 1. The molecule has 116 valence electrons. The van der Waals surface area contributed by atoms with E-state index in [-0.39, 0.29) is 23.6 Å². The molecule has 1 saturated carbocycles. The molecule has 2 fully saturated rings. The molecule has 6 heteroatoms. The number of hydrogen-bond donors (Lipinski definition) is 2. The van der Waals surface area contributed by atoms with Crippen LogP contribution in [0.25, 0.3) is 0 Å². The molecule has 21 heavy (non-hydrogen) atoms. The van der Waals surface area contributed by atoms with Gasteiger partial charge in [0.25, 0.3) is 0 Å². The van der Waals surface area contributed by atoms with E-state index in [1.54, 1.807) is 18.2 Å². The monoisotopic (exact) mass is 311 g/mol. The smallest absolute Gasteiger partial charge is 0.240 e. The highest BCUT2D eigenvalue weighted by atomic mass is 32.2. The van der Waals surface area contributed by atoms with Gasteiger partial charge < -0.3 is 9.84 Å². The van der Waals surface area contributed by atoms with E-state index in [9.17, 15) is 13.5 Å². The van der Waals surface area contributed by atoms with Gasteiger partial charge in [-0.15, -0.1) is 0 Å². The molecule has 1 aromatic carbocycles. The number of aliphatic hydroxyl groups is 1. The van der Waals surface area contributed by atoms with E-state index in [1.165, 1.54) is 0 Å². The van der Waals surface area contributed by atoms with Gasteiger partial charge in [0.1, 0.15) is 0 Å². The fourth-order valence-corrected chi connectivity index (χ4v) is 4.21. The Kier molecular flexibility index (Phi) is 4.05. The average Bonchev–Trinajstić information content (AvgIpc) is 3.20. The maximum absolute atomic E-state index is 12.5. The third-order valence-corrected chi connectivity index (χ3v) is 5.82. The molecule has 0 radical (unpaired) electrons. The Labute approximate surface area is 125 Å². The first-order valence-corrected chi connectivity index (χ1v) is 8.84.